The van der Waals surface area contributed by atoms with Crippen LogP contribution >= 0.6 is 0 Å². The van der Waals surface area contributed by atoms with Gasteiger partial charge in [-0.15, -0.1) is 0 Å². The fourth-order valence-corrected chi connectivity index (χ4v) is 4.66. The first-order valence-electron chi connectivity index (χ1n) is 11.1. The lowest BCUT2D eigenvalue weighted by Gasteiger charge is -2.25. The van der Waals surface area contributed by atoms with Crippen LogP contribution in [0, 0.1) is 0 Å². The van der Waals surface area contributed by atoms with Gasteiger partial charge in [0, 0.05) is 37.5 Å². The molecule has 1 aromatic heterocycles. The monoisotopic (exact) mass is 443 g/mol. The number of aryl methyl sites for hydroxylation is 1. The highest BCUT2D eigenvalue weighted by Crippen LogP contribution is 2.40. The summed E-state index contributed by atoms with van der Waals surface area (Å²) >= 11 is 0. The van der Waals surface area contributed by atoms with Crippen LogP contribution in [0.4, 0.5) is 0 Å². The van der Waals surface area contributed by atoms with E-state index >= 15 is 0 Å². The van der Waals surface area contributed by atoms with Gasteiger partial charge in [-0.1, -0.05) is 30.3 Å². The van der Waals surface area contributed by atoms with Crippen molar-refractivity contribution in [1.29, 1.82) is 0 Å². The number of carbonyl (C=O) groups is 2. The van der Waals surface area contributed by atoms with Gasteiger partial charge in [0.05, 0.1) is 17.9 Å². The SMILES string of the molecule is C[C@@H]1Cc2cc(C(O)=C3C(=O)C(=O)N(CCCn4ccnc4)[C@@H]3c3ccccc3)ccc2O1. The zero-order chi connectivity index (χ0) is 22.9. The van der Waals surface area contributed by atoms with Crippen molar-refractivity contribution in [3.8, 4) is 5.75 Å². The van der Waals surface area contributed by atoms with Crippen molar-refractivity contribution < 1.29 is 19.4 Å². The molecule has 0 saturated carbocycles. The largest absolute Gasteiger partial charge is 0.507 e. The van der Waals surface area contributed by atoms with Gasteiger partial charge in [-0.25, -0.2) is 4.98 Å². The van der Waals surface area contributed by atoms with Crippen molar-refractivity contribution >= 4 is 17.4 Å². The quantitative estimate of drug-likeness (QED) is 0.357. The van der Waals surface area contributed by atoms with Gasteiger partial charge >= 0.3 is 0 Å². The number of ether oxygens (including phenoxy) is 1. The summed E-state index contributed by atoms with van der Waals surface area (Å²) in [5.41, 5.74) is 2.42. The molecule has 1 amide bonds. The molecule has 7 nitrogen and oxygen atoms in total. The lowest BCUT2D eigenvalue weighted by Crippen LogP contribution is -2.31. The summed E-state index contributed by atoms with van der Waals surface area (Å²) in [4.78, 5) is 31.8. The lowest BCUT2D eigenvalue weighted by molar-refractivity contribution is -0.139. The molecule has 2 aliphatic rings. The van der Waals surface area contributed by atoms with Crippen molar-refractivity contribution in [2.45, 2.75) is 38.5 Å². The van der Waals surface area contributed by atoms with Crippen LogP contribution in [0.1, 0.15) is 36.1 Å². The van der Waals surface area contributed by atoms with Gasteiger partial charge in [-0.3, -0.25) is 9.59 Å². The Kier molecular flexibility index (Phi) is 5.46. The zero-order valence-electron chi connectivity index (χ0n) is 18.3. The number of Topliss-reactive ketones (excluding diaryl/α,β-unsaturated/α-hetero) is 1. The fourth-order valence-electron chi connectivity index (χ4n) is 4.66. The molecular formula is C26H25N3O4. The van der Waals surface area contributed by atoms with Gasteiger partial charge in [-0.2, -0.15) is 0 Å². The first-order valence-corrected chi connectivity index (χ1v) is 11.1. The maximum atomic E-state index is 13.1. The summed E-state index contributed by atoms with van der Waals surface area (Å²) in [5, 5.41) is 11.3. The third kappa shape index (κ3) is 3.91. The van der Waals surface area contributed by atoms with E-state index in [1.807, 2.05) is 60.2 Å². The Balaban J connectivity index is 1.51. The highest BCUT2D eigenvalue weighted by molar-refractivity contribution is 6.46. The molecule has 0 spiro atoms. The number of hydrogen-bond donors (Lipinski definition) is 1. The second-order valence-corrected chi connectivity index (χ2v) is 8.51. The van der Waals surface area contributed by atoms with Gasteiger partial charge in [0.1, 0.15) is 17.6 Å². The van der Waals surface area contributed by atoms with Crippen LogP contribution in [-0.4, -0.2) is 43.9 Å². The summed E-state index contributed by atoms with van der Waals surface area (Å²) in [7, 11) is 0. The Morgan fingerprint density at radius 1 is 1.15 bits per heavy atom. The number of benzene rings is 2. The van der Waals surface area contributed by atoms with E-state index in [2.05, 4.69) is 4.98 Å². The standard InChI is InChI=1S/C26H25N3O4/c1-17-14-20-15-19(8-9-21(20)33-17)24(30)22-23(18-6-3-2-4-7-18)29(26(32)25(22)31)12-5-11-28-13-10-27-16-28/h2-4,6-10,13,15-17,23,30H,5,11-12,14H2,1H3/t17-,23-/m1/s1. The number of nitrogens with zero attached hydrogens (tertiary/aromatic N) is 3. The molecular weight excluding hydrogens is 418 g/mol. The number of aliphatic hydroxyl groups is 1. The molecule has 0 unspecified atom stereocenters. The first-order chi connectivity index (χ1) is 16.0. The molecule has 7 heteroatoms. The Morgan fingerprint density at radius 3 is 2.73 bits per heavy atom. The van der Waals surface area contributed by atoms with E-state index in [4.69, 9.17) is 4.74 Å². The lowest BCUT2D eigenvalue weighted by atomic mass is 9.94. The maximum Gasteiger partial charge on any atom is 0.295 e. The average molecular weight is 444 g/mol. The summed E-state index contributed by atoms with van der Waals surface area (Å²) in [6.45, 7) is 3.05. The smallest absolute Gasteiger partial charge is 0.295 e. The molecule has 2 aromatic carbocycles. The predicted octanol–water partition coefficient (Wildman–Crippen LogP) is 3.72. The Labute approximate surface area is 191 Å². The Bertz CT molecular complexity index is 1220. The molecule has 1 fully saturated rings. The molecule has 1 N–H and O–H groups in total. The van der Waals surface area contributed by atoms with E-state index < -0.39 is 17.7 Å². The van der Waals surface area contributed by atoms with E-state index in [1.54, 1.807) is 23.5 Å². The number of hydrogen-bond acceptors (Lipinski definition) is 5. The average Bonchev–Trinajstić information content (AvgIpc) is 3.53. The van der Waals surface area contributed by atoms with E-state index in [-0.39, 0.29) is 17.4 Å². The number of aromatic nitrogens is 2. The van der Waals surface area contributed by atoms with Crippen molar-refractivity contribution in [3.63, 3.8) is 0 Å². The van der Waals surface area contributed by atoms with Crippen LogP contribution in [0.5, 0.6) is 5.75 Å². The summed E-state index contributed by atoms with van der Waals surface area (Å²) < 4.78 is 7.69. The van der Waals surface area contributed by atoms with E-state index in [0.717, 1.165) is 23.3 Å². The minimum Gasteiger partial charge on any atom is -0.507 e. The third-order valence-corrected chi connectivity index (χ3v) is 6.20. The predicted molar refractivity (Wildman–Crippen MR) is 123 cm³/mol. The van der Waals surface area contributed by atoms with Crippen LogP contribution < -0.4 is 4.74 Å². The van der Waals surface area contributed by atoms with Crippen molar-refractivity contribution in [2.75, 3.05) is 6.54 Å². The summed E-state index contributed by atoms with van der Waals surface area (Å²) in [5.74, 6) is -0.608. The number of likely N-dealkylation sites (tertiary alicyclic amines) is 1. The molecule has 0 bridgehead atoms. The number of rotatable bonds is 6. The molecule has 5 rings (SSSR count). The summed E-state index contributed by atoms with van der Waals surface area (Å²) in [6, 6.07) is 14.1. The third-order valence-electron chi connectivity index (χ3n) is 6.20. The molecule has 1 saturated heterocycles. The van der Waals surface area contributed by atoms with Crippen molar-refractivity contribution in [2.24, 2.45) is 0 Å². The van der Waals surface area contributed by atoms with Gasteiger partial charge in [0.2, 0.25) is 0 Å². The highest BCUT2D eigenvalue weighted by atomic mass is 16.5. The van der Waals surface area contributed by atoms with Crippen molar-refractivity contribution in [3.05, 3.63) is 89.5 Å². The maximum absolute atomic E-state index is 13.1. The molecule has 0 aliphatic carbocycles. The van der Waals surface area contributed by atoms with E-state index in [0.29, 0.717) is 25.1 Å². The number of fused-ring (bicyclic) bond motifs is 1. The topological polar surface area (TPSA) is 84.7 Å². The van der Waals surface area contributed by atoms with Crippen LogP contribution in [0.3, 0.4) is 0 Å². The molecule has 2 atom stereocenters. The first kappa shape index (κ1) is 21.0. The van der Waals surface area contributed by atoms with Gasteiger partial charge < -0.3 is 19.3 Å². The van der Waals surface area contributed by atoms with Crippen molar-refractivity contribution in [1.82, 2.24) is 14.5 Å². The Hall–Kier alpha value is -3.87. The van der Waals surface area contributed by atoms with Crippen LogP contribution in [0.15, 0.2) is 72.8 Å². The van der Waals surface area contributed by atoms with Gasteiger partial charge in [0.25, 0.3) is 11.7 Å². The second kappa shape index (κ2) is 8.58. The summed E-state index contributed by atoms with van der Waals surface area (Å²) in [6.07, 6.45) is 6.76. The molecule has 3 aromatic rings. The second-order valence-electron chi connectivity index (χ2n) is 8.51. The number of ketones is 1. The molecule has 3 heterocycles. The zero-order valence-corrected chi connectivity index (χ0v) is 18.3. The molecule has 33 heavy (non-hydrogen) atoms. The number of carbonyl (C=O) groups excluding carboxylic acids is 2. The van der Waals surface area contributed by atoms with Crippen LogP contribution in [0.2, 0.25) is 0 Å². The normalized spacial score (nSPS) is 21.3. The van der Waals surface area contributed by atoms with Crippen LogP contribution in [-0.2, 0) is 22.6 Å². The highest BCUT2D eigenvalue weighted by Gasteiger charge is 2.45. The van der Waals surface area contributed by atoms with Gasteiger partial charge in [-0.05, 0) is 42.7 Å². The van der Waals surface area contributed by atoms with Crippen LogP contribution in [0.25, 0.3) is 5.76 Å². The fraction of sp³-hybridized carbons (Fsp3) is 0.269. The number of imidazole rings is 1. The van der Waals surface area contributed by atoms with E-state index in [1.165, 1.54) is 0 Å². The van der Waals surface area contributed by atoms with Gasteiger partial charge in [0.15, 0.2) is 0 Å². The van der Waals surface area contributed by atoms with E-state index in [9.17, 15) is 14.7 Å². The molecule has 0 radical (unpaired) electrons. The molecule has 2 aliphatic heterocycles. The number of amides is 1. The Morgan fingerprint density at radius 2 is 1.97 bits per heavy atom. The number of aliphatic hydroxyl groups excluding tert-OH is 1. The minimum atomic E-state index is -0.658. The minimum absolute atomic E-state index is 0.0720. The molecule has 168 valence electrons.